The van der Waals surface area contributed by atoms with Crippen LogP contribution in [0.1, 0.15) is 40.3 Å². The van der Waals surface area contributed by atoms with Gasteiger partial charge in [0.2, 0.25) is 5.90 Å². The number of aliphatic hydroxyl groups is 1. The summed E-state index contributed by atoms with van der Waals surface area (Å²) < 4.78 is 12.3. The van der Waals surface area contributed by atoms with Gasteiger partial charge in [0.25, 0.3) is 5.91 Å². The van der Waals surface area contributed by atoms with E-state index < -0.39 is 11.6 Å². The Balaban J connectivity index is 1.58. The molecule has 0 saturated carbocycles. The van der Waals surface area contributed by atoms with Crippen LogP contribution in [-0.4, -0.2) is 35.7 Å². The molecule has 0 unspecified atom stereocenters. The Morgan fingerprint density at radius 1 is 0.953 bits per heavy atom. The number of azide groups is 1. The minimum Gasteiger partial charge on any atom is -0.494 e. The van der Waals surface area contributed by atoms with E-state index in [1.165, 1.54) is 0 Å². The fourth-order valence-corrected chi connectivity index (χ4v) is 5.14. The number of hydrogen-bond acceptors (Lipinski definition) is 6. The number of aliphatic imine (C=N–C) groups is 1. The smallest absolute Gasteiger partial charge is 0.252 e. The molecule has 2 atom stereocenters. The summed E-state index contributed by atoms with van der Waals surface area (Å²) in [5.41, 5.74) is 11.7. The summed E-state index contributed by atoms with van der Waals surface area (Å²) >= 11 is 0. The molecule has 4 aromatic carbocycles. The molecule has 1 heterocycles. The molecule has 0 bridgehead atoms. The predicted molar refractivity (Wildman–Crippen MR) is 164 cm³/mol. The second-order valence-electron chi connectivity index (χ2n) is 10.2. The Labute approximate surface area is 250 Å². The molecule has 9 heteroatoms. The van der Waals surface area contributed by atoms with Gasteiger partial charge in [-0.15, -0.1) is 0 Å². The second-order valence-corrected chi connectivity index (χ2v) is 10.2. The van der Waals surface area contributed by atoms with Crippen molar-refractivity contribution in [3.05, 3.63) is 147 Å². The fraction of sp³-hybridized carbons (Fsp3) is 0.235. The fourth-order valence-electron chi connectivity index (χ4n) is 5.14. The normalized spacial score (nSPS) is 17.3. The van der Waals surface area contributed by atoms with E-state index >= 15 is 0 Å². The lowest BCUT2D eigenvalue weighted by Crippen LogP contribution is -2.49. The van der Waals surface area contributed by atoms with E-state index in [4.69, 9.17) is 25.1 Å². The summed E-state index contributed by atoms with van der Waals surface area (Å²) in [5, 5.41) is 16.0. The third-order valence-corrected chi connectivity index (χ3v) is 7.28. The van der Waals surface area contributed by atoms with E-state index in [0.717, 1.165) is 22.3 Å². The van der Waals surface area contributed by atoms with E-state index in [-0.39, 0.29) is 25.5 Å². The zero-order valence-corrected chi connectivity index (χ0v) is 23.7. The Kier molecular flexibility index (Phi) is 9.69. The predicted octanol–water partition coefficient (Wildman–Crippen LogP) is 6.07. The van der Waals surface area contributed by atoms with Crippen molar-refractivity contribution in [3.63, 3.8) is 0 Å². The highest BCUT2D eigenvalue weighted by Gasteiger charge is 2.53. The summed E-state index contributed by atoms with van der Waals surface area (Å²) in [6.07, 6.45) is 0.0131. The molecule has 4 aromatic rings. The van der Waals surface area contributed by atoms with Gasteiger partial charge in [-0.05, 0) is 52.1 Å². The van der Waals surface area contributed by atoms with Gasteiger partial charge < -0.3 is 19.9 Å². The average Bonchev–Trinajstić information content (AvgIpc) is 3.44. The van der Waals surface area contributed by atoms with Crippen LogP contribution in [0.4, 0.5) is 0 Å². The van der Waals surface area contributed by atoms with Crippen LogP contribution < -0.4 is 10.1 Å². The molecule has 1 amide bonds. The number of amides is 1. The van der Waals surface area contributed by atoms with Crippen molar-refractivity contribution in [2.45, 2.75) is 37.6 Å². The summed E-state index contributed by atoms with van der Waals surface area (Å²) in [5.74, 6) is 0.710. The largest absolute Gasteiger partial charge is 0.494 e. The van der Waals surface area contributed by atoms with Crippen LogP contribution >= 0.6 is 0 Å². The second kappa shape index (κ2) is 14.2. The molecule has 0 aliphatic carbocycles. The van der Waals surface area contributed by atoms with Crippen molar-refractivity contribution < 1.29 is 19.4 Å². The Bertz CT molecular complexity index is 1590. The lowest BCUT2D eigenvalue weighted by molar-refractivity contribution is -0.129. The van der Waals surface area contributed by atoms with Crippen LogP contribution in [-0.2, 0) is 29.0 Å². The van der Waals surface area contributed by atoms with Gasteiger partial charge in [-0.1, -0.05) is 90.0 Å². The molecule has 0 aromatic heterocycles. The van der Waals surface area contributed by atoms with Crippen molar-refractivity contribution >= 4 is 11.8 Å². The van der Waals surface area contributed by atoms with Gasteiger partial charge in [-0.3, -0.25) is 4.79 Å². The molecule has 9 nitrogen and oxygen atoms in total. The van der Waals surface area contributed by atoms with Crippen LogP contribution in [0.3, 0.4) is 0 Å². The number of hydrogen-bond donors (Lipinski definition) is 2. The first kappa shape index (κ1) is 29.4. The number of ether oxygens (including phenoxy) is 2. The molecule has 0 fully saturated rings. The van der Waals surface area contributed by atoms with E-state index in [2.05, 4.69) is 15.3 Å². The van der Waals surface area contributed by atoms with Gasteiger partial charge in [0, 0.05) is 36.5 Å². The SMILES string of the molecule is [N-]=[N+]=NCc1ccccc1[C@@H]1OC(c2ccc(OCCCO)cc2)=N[C@]1(Cc1ccccc1)C(=O)NCc1ccccc1. The number of nitrogens with zero attached hydrogens (tertiary/aromatic N) is 4. The van der Waals surface area contributed by atoms with Crippen LogP contribution in [0.5, 0.6) is 5.75 Å². The van der Waals surface area contributed by atoms with Gasteiger partial charge >= 0.3 is 0 Å². The highest BCUT2D eigenvalue weighted by Crippen LogP contribution is 2.44. The molecule has 2 N–H and O–H groups in total. The van der Waals surface area contributed by atoms with Crippen LogP contribution in [0, 0.1) is 0 Å². The first-order chi connectivity index (χ1) is 21.1. The molecule has 0 spiro atoms. The minimum absolute atomic E-state index is 0.0567. The number of carbonyl (C=O) groups is 1. The molecular weight excluding hydrogens is 542 g/mol. The van der Waals surface area contributed by atoms with Crippen LogP contribution in [0.2, 0.25) is 0 Å². The highest BCUT2D eigenvalue weighted by atomic mass is 16.5. The molecule has 218 valence electrons. The third kappa shape index (κ3) is 7.04. The molecule has 43 heavy (non-hydrogen) atoms. The lowest BCUT2D eigenvalue weighted by atomic mass is 9.80. The van der Waals surface area contributed by atoms with Crippen molar-refractivity contribution in [1.82, 2.24) is 5.32 Å². The van der Waals surface area contributed by atoms with Gasteiger partial charge in [0.05, 0.1) is 13.2 Å². The van der Waals surface area contributed by atoms with E-state index in [0.29, 0.717) is 36.8 Å². The Morgan fingerprint density at radius 2 is 1.63 bits per heavy atom. The monoisotopic (exact) mass is 575 g/mol. The number of rotatable bonds is 13. The summed E-state index contributed by atoms with van der Waals surface area (Å²) in [6.45, 7) is 0.892. The molecular formula is C34H33N5O4. The van der Waals surface area contributed by atoms with Gasteiger partial charge in [-0.2, -0.15) is 0 Å². The minimum atomic E-state index is -1.37. The first-order valence-corrected chi connectivity index (χ1v) is 14.2. The summed E-state index contributed by atoms with van der Waals surface area (Å²) in [4.78, 5) is 22.4. The number of carbonyl (C=O) groups excluding carboxylic acids is 1. The van der Waals surface area contributed by atoms with Crippen molar-refractivity contribution in [1.29, 1.82) is 0 Å². The zero-order chi connectivity index (χ0) is 29.9. The average molecular weight is 576 g/mol. The van der Waals surface area contributed by atoms with Crippen molar-refractivity contribution in [2.24, 2.45) is 10.1 Å². The van der Waals surface area contributed by atoms with Gasteiger partial charge in [0.1, 0.15) is 5.75 Å². The number of nitrogens with one attached hydrogen (secondary N) is 1. The van der Waals surface area contributed by atoms with Crippen molar-refractivity contribution in [2.75, 3.05) is 13.2 Å². The number of aliphatic hydroxyl groups excluding tert-OH is 1. The molecule has 5 rings (SSSR count). The van der Waals surface area contributed by atoms with Crippen LogP contribution in [0.25, 0.3) is 10.4 Å². The zero-order valence-electron chi connectivity index (χ0n) is 23.7. The van der Waals surface area contributed by atoms with E-state index in [1.54, 1.807) is 0 Å². The topological polar surface area (TPSA) is 129 Å². The highest BCUT2D eigenvalue weighted by molar-refractivity contribution is 6.01. The molecule has 1 aliphatic rings. The summed E-state index contributed by atoms with van der Waals surface area (Å²) in [7, 11) is 0. The Morgan fingerprint density at radius 3 is 2.33 bits per heavy atom. The van der Waals surface area contributed by atoms with Crippen molar-refractivity contribution in [3.8, 4) is 5.75 Å². The summed E-state index contributed by atoms with van der Waals surface area (Å²) in [6, 6.07) is 34.3. The van der Waals surface area contributed by atoms with Crippen LogP contribution in [0.15, 0.2) is 119 Å². The Hall–Kier alpha value is -5.11. The number of benzene rings is 4. The van der Waals surface area contributed by atoms with Gasteiger partial charge in [0.15, 0.2) is 11.6 Å². The third-order valence-electron chi connectivity index (χ3n) is 7.28. The molecule has 0 saturated heterocycles. The van der Waals surface area contributed by atoms with E-state index in [9.17, 15) is 4.79 Å². The quantitative estimate of drug-likeness (QED) is 0.0867. The maximum Gasteiger partial charge on any atom is 0.252 e. The van der Waals surface area contributed by atoms with Gasteiger partial charge in [-0.25, -0.2) is 4.99 Å². The maximum absolute atomic E-state index is 14.4. The maximum atomic E-state index is 14.4. The molecule has 0 radical (unpaired) electrons. The molecule has 1 aliphatic heterocycles. The first-order valence-electron chi connectivity index (χ1n) is 14.2. The van der Waals surface area contributed by atoms with E-state index in [1.807, 2.05) is 109 Å². The lowest BCUT2D eigenvalue weighted by Gasteiger charge is -2.32. The standard InChI is InChI=1S/C34H33N5O4/c35-39-37-24-28-14-7-8-15-30(28)31-34(22-25-10-3-1-4-11-25,33(41)36-23-26-12-5-2-6-13-26)38-32(43-31)27-16-18-29(19-17-27)42-21-9-20-40/h1-8,10-19,31,40H,9,20-24H2,(H,36,41)/t31-,34-/m0/s1.